The Morgan fingerprint density at radius 3 is 2.21 bits per heavy atom. The second-order valence-corrected chi connectivity index (χ2v) is 6.01. The largest absolute Gasteiger partial charge is 0.464 e. The third kappa shape index (κ3) is 7.12. The van der Waals surface area contributed by atoms with Crippen LogP contribution in [0.2, 0.25) is 0 Å². The van der Waals surface area contributed by atoms with Crippen LogP contribution in [0.15, 0.2) is 0 Å². The lowest BCUT2D eigenvalue weighted by molar-refractivity contribution is -0.147. The molecule has 2 atom stereocenters. The SMILES string of the molecule is CCCS(=O)(=O)NC(C)C(=O)NC(C)C(=O)OCC. The van der Waals surface area contributed by atoms with Crippen LogP contribution >= 0.6 is 0 Å². The van der Waals surface area contributed by atoms with Gasteiger partial charge in [-0.15, -0.1) is 0 Å². The fourth-order valence-electron chi connectivity index (χ4n) is 1.32. The van der Waals surface area contributed by atoms with E-state index in [1.54, 1.807) is 13.8 Å². The van der Waals surface area contributed by atoms with Crippen molar-refractivity contribution in [3.63, 3.8) is 0 Å². The van der Waals surface area contributed by atoms with E-state index < -0.39 is 34.0 Å². The Kier molecular flexibility index (Phi) is 7.62. The van der Waals surface area contributed by atoms with Crippen molar-refractivity contribution in [2.45, 2.75) is 46.2 Å². The first-order valence-electron chi connectivity index (χ1n) is 6.20. The summed E-state index contributed by atoms with van der Waals surface area (Å²) in [5, 5.41) is 2.39. The summed E-state index contributed by atoms with van der Waals surface area (Å²) in [5.74, 6) is -1.17. The first-order chi connectivity index (χ1) is 8.73. The third-order valence-electron chi connectivity index (χ3n) is 2.22. The van der Waals surface area contributed by atoms with E-state index in [1.807, 2.05) is 0 Å². The van der Waals surface area contributed by atoms with Gasteiger partial charge in [-0.3, -0.25) is 4.79 Å². The maximum absolute atomic E-state index is 11.7. The number of ether oxygens (including phenoxy) is 1. The summed E-state index contributed by atoms with van der Waals surface area (Å²) in [7, 11) is -3.47. The quantitative estimate of drug-likeness (QED) is 0.602. The predicted molar refractivity (Wildman–Crippen MR) is 70.9 cm³/mol. The first-order valence-corrected chi connectivity index (χ1v) is 7.85. The van der Waals surface area contributed by atoms with Gasteiger partial charge in [0.05, 0.1) is 18.4 Å². The van der Waals surface area contributed by atoms with E-state index in [1.165, 1.54) is 13.8 Å². The van der Waals surface area contributed by atoms with Crippen LogP contribution in [0.3, 0.4) is 0 Å². The van der Waals surface area contributed by atoms with Crippen LogP contribution in [-0.2, 0) is 24.3 Å². The Bertz CT molecular complexity index is 407. The molecular weight excluding hydrogens is 272 g/mol. The second kappa shape index (κ2) is 8.11. The molecule has 0 radical (unpaired) electrons. The summed E-state index contributed by atoms with van der Waals surface area (Å²) < 4.78 is 29.9. The molecule has 0 aromatic rings. The van der Waals surface area contributed by atoms with E-state index >= 15 is 0 Å². The first kappa shape index (κ1) is 17.8. The number of hydrogen-bond acceptors (Lipinski definition) is 5. The zero-order valence-electron chi connectivity index (χ0n) is 11.7. The van der Waals surface area contributed by atoms with Gasteiger partial charge >= 0.3 is 5.97 Å². The van der Waals surface area contributed by atoms with Crippen molar-refractivity contribution in [3.8, 4) is 0 Å². The van der Waals surface area contributed by atoms with Crippen LogP contribution in [0, 0.1) is 0 Å². The molecule has 7 nitrogen and oxygen atoms in total. The van der Waals surface area contributed by atoms with Gasteiger partial charge in [0.15, 0.2) is 0 Å². The highest BCUT2D eigenvalue weighted by Crippen LogP contribution is 1.95. The monoisotopic (exact) mass is 294 g/mol. The molecule has 0 rings (SSSR count). The topological polar surface area (TPSA) is 102 Å². The minimum Gasteiger partial charge on any atom is -0.464 e. The Morgan fingerprint density at radius 1 is 1.16 bits per heavy atom. The van der Waals surface area contributed by atoms with Gasteiger partial charge in [-0.05, 0) is 27.2 Å². The Morgan fingerprint density at radius 2 is 1.74 bits per heavy atom. The molecule has 0 aliphatic carbocycles. The Labute approximate surface area is 114 Å². The van der Waals surface area contributed by atoms with Gasteiger partial charge in [0.25, 0.3) is 0 Å². The van der Waals surface area contributed by atoms with Crippen LogP contribution in [-0.4, -0.2) is 44.7 Å². The number of rotatable bonds is 8. The molecule has 0 aliphatic heterocycles. The average Bonchev–Trinajstić information content (AvgIpc) is 2.28. The molecule has 0 saturated carbocycles. The van der Waals surface area contributed by atoms with Gasteiger partial charge in [-0.2, -0.15) is 0 Å². The summed E-state index contributed by atoms with van der Waals surface area (Å²) in [4.78, 5) is 23.0. The molecule has 1 amide bonds. The van der Waals surface area contributed by atoms with Gasteiger partial charge in [0.1, 0.15) is 6.04 Å². The second-order valence-electron chi connectivity index (χ2n) is 4.14. The number of esters is 1. The average molecular weight is 294 g/mol. The minimum atomic E-state index is -3.47. The molecule has 0 heterocycles. The fourth-order valence-corrected chi connectivity index (χ4v) is 2.62. The van der Waals surface area contributed by atoms with E-state index in [0.717, 1.165) is 0 Å². The molecule has 8 heteroatoms. The number of hydrogen-bond donors (Lipinski definition) is 2. The maximum Gasteiger partial charge on any atom is 0.328 e. The summed E-state index contributed by atoms with van der Waals surface area (Å²) in [5.41, 5.74) is 0. The standard InChI is InChI=1S/C11H22N2O5S/c1-5-7-19(16,17)13-8(3)10(14)12-9(4)11(15)18-6-2/h8-9,13H,5-7H2,1-4H3,(H,12,14). The van der Waals surface area contributed by atoms with Crippen molar-refractivity contribution in [1.82, 2.24) is 10.0 Å². The van der Waals surface area contributed by atoms with Crippen molar-refractivity contribution in [1.29, 1.82) is 0 Å². The molecule has 2 unspecified atom stereocenters. The van der Waals surface area contributed by atoms with Crippen LogP contribution in [0.5, 0.6) is 0 Å². The number of nitrogens with one attached hydrogen (secondary N) is 2. The molecule has 0 saturated heterocycles. The molecular formula is C11H22N2O5S. The number of carbonyl (C=O) groups excluding carboxylic acids is 2. The zero-order chi connectivity index (χ0) is 15.1. The molecule has 19 heavy (non-hydrogen) atoms. The fraction of sp³-hybridized carbons (Fsp3) is 0.818. The summed E-state index contributed by atoms with van der Waals surface area (Å²) in [6, 6.07) is -1.75. The van der Waals surface area contributed by atoms with Gasteiger partial charge in [0, 0.05) is 0 Å². The molecule has 0 bridgehead atoms. The highest BCUT2D eigenvalue weighted by Gasteiger charge is 2.23. The molecule has 0 aromatic carbocycles. The van der Waals surface area contributed by atoms with E-state index in [4.69, 9.17) is 4.74 Å². The summed E-state index contributed by atoms with van der Waals surface area (Å²) >= 11 is 0. The molecule has 0 fully saturated rings. The van der Waals surface area contributed by atoms with Gasteiger partial charge in [-0.1, -0.05) is 6.92 Å². The lowest BCUT2D eigenvalue weighted by Crippen LogP contribution is -2.50. The van der Waals surface area contributed by atoms with Gasteiger partial charge in [-0.25, -0.2) is 17.9 Å². The molecule has 2 N–H and O–H groups in total. The van der Waals surface area contributed by atoms with Crippen LogP contribution < -0.4 is 10.0 Å². The number of sulfonamides is 1. The van der Waals surface area contributed by atoms with Crippen molar-refractivity contribution in [2.75, 3.05) is 12.4 Å². The summed E-state index contributed by atoms with van der Waals surface area (Å²) in [6.07, 6.45) is 0.461. The number of carbonyl (C=O) groups is 2. The predicted octanol–water partition coefficient (Wildman–Crippen LogP) is -0.228. The molecule has 0 aromatic heterocycles. The van der Waals surface area contributed by atoms with E-state index in [-0.39, 0.29) is 12.4 Å². The van der Waals surface area contributed by atoms with Gasteiger partial charge < -0.3 is 10.1 Å². The van der Waals surface area contributed by atoms with E-state index in [2.05, 4.69) is 10.0 Å². The van der Waals surface area contributed by atoms with Crippen molar-refractivity contribution in [2.24, 2.45) is 0 Å². The van der Waals surface area contributed by atoms with Crippen molar-refractivity contribution in [3.05, 3.63) is 0 Å². The van der Waals surface area contributed by atoms with Crippen molar-refractivity contribution < 1.29 is 22.7 Å². The molecule has 112 valence electrons. The summed E-state index contributed by atoms with van der Waals surface area (Å²) in [6.45, 7) is 6.50. The van der Waals surface area contributed by atoms with Crippen molar-refractivity contribution >= 4 is 21.9 Å². The smallest absolute Gasteiger partial charge is 0.328 e. The van der Waals surface area contributed by atoms with Crippen LogP contribution in [0.25, 0.3) is 0 Å². The van der Waals surface area contributed by atoms with E-state index in [9.17, 15) is 18.0 Å². The Balaban J connectivity index is 4.39. The van der Waals surface area contributed by atoms with Gasteiger partial charge in [0.2, 0.25) is 15.9 Å². The molecule has 0 aliphatic rings. The number of amides is 1. The normalized spacial score (nSPS) is 14.5. The molecule has 0 spiro atoms. The van der Waals surface area contributed by atoms with E-state index in [0.29, 0.717) is 6.42 Å². The third-order valence-corrected chi connectivity index (χ3v) is 3.88. The maximum atomic E-state index is 11.7. The highest BCUT2D eigenvalue weighted by atomic mass is 32.2. The lowest BCUT2D eigenvalue weighted by Gasteiger charge is -2.17. The zero-order valence-corrected chi connectivity index (χ0v) is 12.5. The minimum absolute atomic E-state index is 0.0436. The van der Waals surface area contributed by atoms with Crippen LogP contribution in [0.1, 0.15) is 34.1 Å². The Hall–Kier alpha value is -1.15. The lowest BCUT2D eigenvalue weighted by atomic mass is 10.3. The highest BCUT2D eigenvalue weighted by molar-refractivity contribution is 7.89. The van der Waals surface area contributed by atoms with Crippen LogP contribution in [0.4, 0.5) is 0 Å².